The van der Waals surface area contributed by atoms with E-state index in [0.717, 1.165) is 67.2 Å². The van der Waals surface area contributed by atoms with E-state index in [-0.39, 0.29) is 5.41 Å². The lowest BCUT2D eigenvalue weighted by molar-refractivity contribution is 0.360. The van der Waals surface area contributed by atoms with Gasteiger partial charge in [0.05, 0.1) is 5.69 Å². The van der Waals surface area contributed by atoms with Gasteiger partial charge >= 0.3 is 0 Å². The molecule has 0 atom stereocenters. The third-order valence-corrected chi connectivity index (χ3v) is 11.3. The van der Waals surface area contributed by atoms with Crippen molar-refractivity contribution in [3.63, 3.8) is 0 Å². The van der Waals surface area contributed by atoms with E-state index in [0.29, 0.717) is 11.5 Å². The van der Waals surface area contributed by atoms with Crippen LogP contribution in [-0.4, -0.2) is 0 Å². The number of benzene rings is 8. The van der Waals surface area contributed by atoms with Gasteiger partial charge in [-0.1, -0.05) is 123 Å². The molecule has 2 heterocycles. The van der Waals surface area contributed by atoms with E-state index in [9.17, 15) is 0 Å². The van der Waals surface area contributed by atoms with E-state index in [4.69, 9.17) is 13.9 Å². The molecule has 9 aromatic rings. The van der Waals surface area contributed by atoms with Gasteiger partial charge < -0.3 is 18.8 Å². The standard InChI is InChI=1S/C51H35NO3/c1-51(2)42-15-8-6-13-38(42)40-30-48-49(31-43(40)51)55-50-44(16-10-18-47(50)54-48)52(36-24-19-33(20-25-36)32-11-4-3-5-12-32)37-26-21-34(22-27-37)35-23-28-46-41(29-35)39-14-7-9-17-45(39)53-46/h3-31H,1-2H3. The Hall–Kier alpha value is -7.04. The predicted octanol–water partition coefficient (Wildman–Crippen LogP) is 14.6. The Morgan fingerprint density at radius 3 is 1.85 bits per heavy atom. The van der Waals surface area contributed by atoms with Crippen LogP contribution in [0.4, 0.5) is 17.1 Å². The Labute approximate surface area is 319 Å². The van der Waals surface area contributed by atoms with Crippen molar-refractivity contribution < 1.29 is 13.9 Å². The summed E-state index contributed by atoms with van der Waals surface area (Å²) in [5.41, 5.74) is 14.1. The summed E-state index contributed by atoms with van der Waals surface area (Å²) in [4.78, 5) is 2.26. The van der Waals surface area contributed by atoms with Crippen molar-refractivity contribution in [2.75, 3.05) is 4.90 Å². The molecule has 0 saturated carbocycles. The Kier molecular flexibility index (Phi) is 6.86. The van der Waals surface area contributed by atoms with E-state index in [1.165, 1.54) is 27.8 Å². The number of ether oxygens (including phenoxy) is 2. The average molecular weight is 710 g/mol. The van der Waals surface area contributed by atoms with Crippen LogP contribution in [0.25, 0.3) is 55.3 Å². The van der Waals surface area contributed by atoms with Gasteiger partial charge in [0.15, 0.2) is 23.0 Å². The minimum absolute atomic E-state index is 0.159. The second-order valence-electron chi connectivity index (χ2n) is 14.9. The Morgan fingerprint density at radius 2 is 1.05 bits per heavy atom. The topological polar surface area (TPSA) is 34.8 Å². The molecule has 0 fully saturated rings. The zero-order chi connectivity index (χ0) is 36.7. The summed E-state index contributed by atoms with van der Waals surface area (Å²) in [5, 5.41) is 2.24. The Balaban J connectivity index is 1.01. The average Bonchev–Trinajstić information content (AvgIpc) is 3.71. The molecule has 4 heteroatoms. The zero-order valence-corrected chi connectivity index (χ0v) is 30.4. The molecule has 1 aliphatic heterocycles. The number of hydrogen-bond acceptors (Lipinski definition) is 4. The summed E-state index contributed by atoms with van der Waals surface area (Å²) < 4.78 is 19.7. The van der Waals surface area contributed by atoms with Gasteiger partial charge in [-0.25, -0.2) is 0 Å². The summed E-state index contributed by atoms with van der Waals surface area (Å²) in [6.07, 6.45) is 0. The lowest BCUT2D eigenvalue weighted by atomic mass is 9.82. The molecular formula is C51H35NO3. The van der Waals surface area contributed by atoms with E-state index >= 15 is 0 Å². The normalized spacial score (nSPS) is 13.3. The lowest BCUT2D eigenvalue weighted by Gasteiger charge is -2.31. The number of furan rings is 1. The van der Waals surface area contributed by atoms with E-state index < -0.39 is 0 Å². The molecule has 11 rings (SSSR count). The first-order valence-corrected chi connectivity index (χ1v) is 18.7. The van der Waals surface area contributed by atoms with Crippen LogP contribution < -0.4 is 14.4 Å². The van der Waals surface area contributed by atoms with Gasteiger partial charge in [-0.3, -0.25) is 0 Å². The van der Waals surface area contributed by atoms with Crippen molar-refractivity contribution in [1.82, 2.24) is 0 Å². The molecule has 0 spiro atoms. The maximum absolute atomic E-state index is 6.93. The first kappa shape index (κ1) is 31.5. The molecule has 0 unspecified atom stereocenters. The highest BCUT2D eigenvalue weighted by molar-refractivity contribution is 6.06. The second-order valence-corrected chi connectivity index (χ2v) is 14.9. The zero-order valence-electron chi connectivity index (χ0n) is 30.4. The first-order chi connectivity index (χ1) is 27.0. The maximum Gasteiger partial charge on any atom is 0.194 e. The van der Waals surface area contributed by atoms with Crippen LogP contribution >= 0.6 is 0 Å². The number of anilines is 3. The van der Waals surface area contributed by atoms with Crippen molar-refractivity contribution in [1.29, 1.82) is 0 Å². The van der Waals surface area contributed by atoms with Crippen molar-refractivity contribution in [3.05, 3.63) is 187 Å². The molecule has 1 aliphatic carbocycles. The Morgan fingerprint density at radius 1 is 0.418 bits per heavy atom. The molecular weight excluding hydrogens is 675 g/mol. The highest BCUT2D eigenvalue weighted by Gasteiger charge is 2.38. The van der Waals surface area contributed by atoms with Crippen molar-refractivity contribution in [2.24, 2.45) is 0 Å². The molecule has 1 aromatic heterocycles. The highest BCUT2D eigenvalue weighted by atomic mass is 16.6. The van der Waals surface area contributed by atoms with Crippen LogP contribution in [0.2, 0.25) is 0 Å². The smallest absolute Gasteiger partial charge is 0.194 e. The third kappa shape index (κ3) is 4.99. The van der Waals surface area contributed by atoms with Crippen LogP contribution in [0.5, 0.6) is 23.0 Å². The van der Waals surface area contributed by atoms with Gasteiger partial charge in [0.2, 0.25) is 0 Å². The van der Waals surface area contributed by atoms with Crippen LogP contribution in [0.1, 0.15) is 25.0 Å². The van der Waals surface area contributed by atoms with Gasteiger partial charge in [0, 0.05) is 27.6 Å². The van der Waals surface area contributed by atoms with E-state index in [1.807, 2.05) is 30.3 Å². The monoisotopic (exact) mass is 709 g/mol. The summed E-state index contributed by atoms with van der Waals surface area (Å²) in [7, 11) is 0. The van der Waals surface area contributed by atoms with E-state index in [2.05, 4.69) is 164 Å². The van der Waals surface area contributed by atoms with E-state index in [1.54, 1.807) is 0 Å². The summed E-state index contributed by atoms with van der Waals surface area (Å²) >= 11 is 0. The van der Waals surface area contributed by atoms with Crippen molar-refractivity contribution in [2.45, 2.75) is 19.3 Å². The molecule has 4 nitrogen and oxygen atoms in total. The molecule has 262 valence electrons. The first-order valence-electron chi connectivity index (χ1n) is 18.7. The SMILES string of the molecule is CC1(C)c2ccccc2-c2cc3c(cc21)Oc1c(cccc1N(c1ccc(-c2ccccc2)cc1)c1ccc(-c2ccc4oc5ccccc5c4c2)cc1)O3. The molecule has 2 aliphatic rings. The molecule has 0 bridgehead atoms. The minimum Gasteiger partial charge on any atom is -0.456 e. The molecule has 0 N–H and O–H groups in total. The molecule has 8 aromatic carbocycles. The number of hydrogen-bond donors (Lipinski definition) is 0. The summed E-state index contributed by atoms with van der Waals surface area (Å²) in [5.74, 6) is 2.80. The Bertz CT molecular complexity index is 2940. The van der Waals surface area contributed by atoms with Gasteiger partial charge in [-0.05, 0) is 111 Å². The lowest BCUT2D eigenvalue weighted by Crippen LogP contribution is -2.15. The predicted molar refractivity (Wildman–Crippen MR) is 223 cm³/mol. The van der Waals surface area contributed by atoms with Crippen molar-refractivity contribution in [3.8, 4) is 56.4 Å². The number of para-hydroxylation sites is 2. The van der Waals surface area contributed by atoms with Gasteiger partial charge in [0.25, 0.3) is 0 Å². The fourth-order valence-electron chi connectivity index (χ4n) is 8.53. The fourth-order valence-corrected chi connectivity index (χ4v) is 8.53. The number of fused-ring (bicyclic) bond motifs is 8. The summed E-state index contributed by atoms with van der Waals surface area (Å²) in [6.45, 7) is 4.57. The quantitative estimate of drug-likeness (QED) is 0.178. The summed E-state index contributed by atoms with van der Waals surface area (Å²) in [6, 6.07) is 61.7. The van der Waals surface area contributed by atoms with Gasteiger partial charge in [0.1, 0.15) is 11.2 Å². The fraction of sp³-hybridized carbons (Fsp3) is 0.0588. The van der Waals surface area contributed by atoms with Crippen LogP contribution in [-0.2, 0) is 5.41 Å². The number of nitrogens with zero attached hydrogens (tertiary/aromatic N) is 1. The van der Waals surface area contributed by atoms with Gasteiger partial charge in [-0.2, -0.15) is 0 Å². The van der Waals surface area contributed by atoms with Crippen LogP contribution in [0.3, 0.4) is 0 Å². The minimum atomic E-state index is -0.159. The van der Waals surface area contributed by atoms with Crippen LogP contribution in [0, 0.1) is 0 Å². The maximum atomic E-state index is 6.93. The molecule has 55 heavy (non-hydrogen) atoms. The molecule has 0 radical (unpaired) electrons. The van der Waals surface area contributed by atoms with Crippen LogP contribution in [0.15, 0.2) is 180 Å². The third-order valence-electron chi connectivity index (χ3n) is 11.3. The largest absolute Gasteiger partial charge is 0.456 e. The molecule has 0 saturated heterocycles. The van der Waals surface area contributed by atoms with Crippen molar-refractivity contribution >= 4 is 39.0 Å². The van der Waals surface area contributed by atoms with Gasteiger partial charge in [-0.15, -0.1) is 0 Å². The molecule has 0 amide bonds. The highest BCUT2D eigenvalue weighted by Crippen LogP contribution is 2.57. The number of rotatable bonds is 5. The second kappa shape index (κ2) is 12.0.